The van der Waals surface area contributed by atoms with Gasteiger partial charge in [0.25, 0.3) is 0 Å². The monoisotopic (exact) mass is 381 g/mol. The van der Waals surface area contributed by atoms with E-state index < -0.39 is 0 Å². The predicted octanol–water partition coefficient (Wildman–Crippen LogP) is 2.34. The molecule has 5 nitrogen and oxygen atoms in total. The molecule has 5 rings (SSSR count). The summed E-state index contributed by atoms with van der Waals surface area (Å²) in [5.41, 5.74) is 2.48. The largest absolute Gasteiger partial charge is 0.368 e. The number of fused-ring (bicyclic) bond motifs is 3. The van der Waals surface area contributed by atoms with Crippen molar-refractivity contribution in [3.8, 4) is 0 Å². The molecule has 4 heterocycles. The number of piperazine rings is 1. The normalized spacial score (nSPS) is 23.0. The van der Waals surface area contributed by atoms with Gasteiger partial charge in [0, 0.05) is 70.5 Å². The number of anilines is 2. The van der Waals surface area contributed by atoms with Gasteiger partial charge in [-0.05, 0) is 36.2 Å². The molecule has 1 atom stereocenters. The molecule has 0 bridgehead atoms. The van der Waals surface area contributed by atoms with Gasteiger partial charge < -0.3 is 15.1 Å². The van der Waals surface area contributed by atoms with Crippen LogP contribution in [-0.4, -0.2) is 61.7 Å². The van der Waals surface area contributed by atoms with Crippen LogP contribution in [0.2, 0.25) is 0 Å². The molecular weight excluding hydrogens is 353 g/mol. The van der Waals surface area contributed by atoms with Crippen LogP contribution in [0.5, 0.6) is 0 Å². The molecule has 3 aliphatic heterocycles. The van der Waals surface area contributed by atoms with Crippen LogP contribution in [-0.2, 0) is 6.54 Å². The van der Waals surface area contributed by atoms with E-state index in [9.17, 15) is 4.39 Å². The van der Waals surface area contributed by atoms with E-state index in [-0.39, 0.29) is 5.82 Å². The first-order valence-electron chi connectivity index (χ1n) is 10.4. The first-order chi connectivity index (χ1) is 13.8. The summed E-state index contributed by atoms with van der Waals surface area (Å²) in [6.07, 6.45) is 3.08. The van der Waals surface area contributed by atoms with Crippen LogP contribution >= 0.6 is 0 Å². The van der Waals surface area contributed by atoms with E-state index in [1.165, 1.54) is 11.3 Å². The van der Waals surface area contributed by atoms with Crippen LogP contribution < -0.4 is 15.1 Å². The van der Waals surface area contributed by atoms with Gasteiger partial charge in [-0.2, -0.15) is 0 Å². The Morgan fingerprint density at radius 2 is 1.93 bits per heavy atom. The summed E-state index contributed by atoms with van der Waals surface area (Å²) in [6, 6.07) is 11.7. The maximum absolute atomic E-state index is 13.2. The summed E-state index contributed by atoms with van der Waals surface area (Å²) in [5.74, 6) is 1.73. The van der Waals surface area contributed by atoms with Crippen LogP contribution in [0.15, 0.2) is 42.6 Å². The second kappa shape index (κ2) is 7.68. The van der Waals surface area contributed by atoms with Gasteiger partial charge in [-0.1, -0.05) is 12.1 Å². The maximum Gasteiger partial charge on any atom is 0.152 e. The SMILES string of the molecule is Fc1ccc(CN2CCN3c4ncccc4N(CC4CNC4)CCC3C2)cc1. The minimum atomic E-state index is -0.165. The van der Waals surface area contributed by atoms with E-state index in [2.05, 4.69) is 32.1 Å². The number of nitrogens with one attached hydrogen (secondary N) is 1. The Labute approximate surface area is 166 Å². The fraction of sp³-hybridized carbons (Fsp3) is 0.500. The third kappa shape index (κ3) is 3.59. The standard InChI is InChI=1S/C22H28FN5/c23-19-5-3-17(4-6-19)14-26-10-11-28-20(16-26)7-9-27(15-18-12-24-13-18)21-2-1-8-25-22(21)28/h1-6,8,18,20,24H,7,9-16H2. The molecular formula is C22H28FN5. The molecule has 148 valence electrons. The third-order valence-electron chi connectivity index (χ3n) is 6.34. The van der Waals surface area contributed by atoms with Crippen molar-refractivity contribution in [2.45, 2.75) is 19.0 Å². The Morgan fingerprint density at radius 1 is 1.07 bits per heavy atom. The van der Waals surface area contributed by atoms with Crippen molar-refractivity contribution in [1.82, 2.24) is 15.2 Å². The number of hydrogen-bond acceptors (Lipinski definition) is 5. The Bertz CT molecular complexity index is 807. The average Bonchev–Trinajstić information content (AvgIpc) is 2.83. The van der Waals surface area contributed by atoms with Crippen molar-refractivity contribution in [1.29, 1.82) is 0 Å². The molecule has 0 amide bonds. The Balaban J connectivity index is 1.32. The topological polar surface area (TPSA) is 34.6 Å². The fourth-order valence-electron chi connectivity index (χ4n) is 4.70. The summed E-state index contributed by atoms with van der Waals surface area (Å²) >= 11 is 0. The maximum atomic E-state index is 13.2. The zero-order valence-corrected chi connectivity index (χ0v) is 16.2. The first kappa shape index (κ1) is 17.9. The van der Waals surface area contributed by atoms with Crippen molar-refractivity contribution in [2.75, 3.05) is 55.6 Å². The highest BCUT2D eigenvalue weighted by Gasteiger charge is 2.34. The molecule has 3 aliphatic rings. The van der Waals surface area contributed by atoms with E-state index in [0.717, 1.165) is 70.5 Å². The highest BCUT2D eigenvalue weighted by atomic mass is 19.1. The fourth-order valence-corrected chi connectivity index (χ4v) is 4.70. The lowest BCUT2D eigenvalue weighted by Crippen LogP contribution is -2.53. The minimum Gasteiger partial charge on any atom is -0.368 e. The minimum absolute atomic E-state index is 0.165. The van der Waals surface area contributed by atoms with Gasteiger partial charge in [0.1, 0.15) is 5.82 Å². The van der Waals surface area contributed by atoms with Crippen LogP contribution in [0, 0.1) is 11.7 Å². The van der Waals surface area contributed by atoms with E-state index in [0.29, 0.717) is 6.04 Å². The van der Waals surface area contributed by atoms with Crippen LogP contribution in [0.25, 0.3) is 0 Å². The molecule has 0 radical (unpaired) electrons. The molecule has 0 aliphatic carbocycles. The number of halogens is 1. The number of benzene rings is 1. The van der Waals surface area contributed by atoms with Crippen molar-refractivity contribution in [3.63, 3.8) is 0 Å². The van der Waals surface area contributed by atoms with Crippen molar-refractivity contribution in [2.24, 2.45) is 5.92 Å². The summed E-state index contributed by atoms with van der Waals surface area (Å²) in [5, 5.41) is 3.39. The molecule has 2 aromatic rings. The van der Waals surface area contributed by atoms with Gasteiger partial charge in [-0.3, -0.25) is 4.90 Å². The van der Waals surface area contributed by atoms with Crippen molar-refractivity contribution in [3.05, 3.63) is 54.0 Å². The zero-order chi connectivity index (χ0) is 18.9. The van der Waals surface area contributed by atoms with Crippen molar-refractivity contribution < 1.29 is 4.39 Å². The highest BCUT2D eigenvalue weighted by Crippen LogP contribution is 2.34. The van der Waals surface area contributed by atoms with Gasteiger partial charge in [-0.15, -0.1) is 0 Å². The number of pyridine rings is 1. The average molecular weight is 381 g/mol. The predicted molar refractivity (Wildman–Crippen MR) is 110 cm³/mol. The van der Waals surface area contributed by atoms with Crippen molar-refractivity contribution >= 4 is 11.5 Å². The molecule has 28 heavy (non-hydrogen) atoms. The Morgan fingerprint density at radius 3 is 2.71 bits per heavy atom. The van der Waals surface area contributed by atoms with E-state index >= 15 is 0 Å². The van der Waals surface area contributed by atoms with Gasteiger partial charge in [-0.25, -0.2) is 9.37 Å². The van der Waals surface area contributed by atoms with Crippen LogP contribution in [0.3, 0.4) is 0 Å². The van der Waals surface area contributed by atoms with Gasteiger partial charge >= 0.3 is 0 Å². The molecule has 1 unspecified atom stereocenters. The van der Waals surface area contributed by atoms with E-state index in [1.54, 1.807) is 12.1 Å². The third-order valence-corrected chi connectivity index (χ3v) is 6.34. The van der Waals surface area contributed by atoms with E-state index in [1.807, 2.05) is 18.3 Å². The lowest BCUT2D eigenvalue weighted by Gasteiger charge is -2.41. The quantitative estimate of drug-likeness (QED) is 0.880. The Kier molecular flexibility index (Phi) is 4.91. The lowest BCUT2D eigenvalue weighted by molar-refractivity contribution is 0.211. The van der Waals surface area contributed by atoms with Gasteiger partial charge in [0.15, 0.2) is 5.82 Å². The Hall–Kier alpha value is -2.18. The summed E-state index contributed by atoms with van der Waals surface area (Å²) in [7, 11) is 0. The number of hydrogen-bond donors (Lipinski definition) is 1. The molecule has 2 fully saturated rings. The molecule has 2 saturated heterocycles. The number of rotatable bonds is 4. The molecule has 1 aromatic heterocycles. The second-order valence-electron chi connectivity index (χ2n) is 8.31. The molecule has 0 spiro atoms. The first-order valence-corrected chi connectivity index (χ1v) is 10.4. The van der Waals surface area contributed by atoms with Crippen LogP contribution in [0.4, 0.5) is 15.9 Å². The van der Waals surface area contributed by atoms with Gasteiger partial charge in [0.2, 0.25) is 0 Å². The number of aromatic nitrogens is 1. The van der Waals surface area contributed by atoms with E-state index in [4.69, 9.17) is 4.98 Å². The molecule has 6 heteroatoms. The van der Waals surface area contributed by atoms with Gasteiger partial charge in [0.05, 0.1) is 5.69 Å². The van der Waals surface area contributed by atoms with Crippen LogP contribution in [0.1, 0.15) is 12.0 Å². The number of nitrogens with zero attached hydrogens (tertiary/aromatic N) is 4. The summed E-state index contributed by atoms with van der Waals surface area (Å²) in [4.78, 5) is 12.4. The molecule has 1 N–H and O–H groups in total. The second-order valence-corrected chi connectivity index (χ2v) is 8.31. The molecule has 0 saturated carbocycles. The highest BCUT2D eigenvalue weighted by molar-refractivity contribution is 5.68. The smallest absolute Gasteiger partial charge is 0.152 e. The summed E-state index contributed by atoms with van der Waals surface area (Å²) in [6.45, 7) is 8.39. The zero-order valence-electron chi connectivity index (χ0n) is 16.2. The summed E-state index contributed by atoms with van der Waals surface area (Å²) < 4.78 is 13.2. The molecule has 1 aromatic carbocycles. The lowest BCUT2D eigenvalue weighted by atomic mass is 10.0.